The minimum Gasteiger partial charge on any atom is -0.633 e. The predicted molar refractivity (Wildman–Crippen MR) is 46.5 cm³/mol. The molecule has 0 N–H and O–H groups in total. The minimum atomic E-state index is 0.0625. The first-order valence-corrected chi connectivity index (χ1v) is 5.35. The van der Waals surface area contributed by atoms with E-state index in [0.29, 0.717) is 0 Å². The summed E-state index contributed by atoms with van der Waals surface area (Å²) in [6.07, 6.45) is 2.31. The molecule has 1 heterocycles. The Balaban J connectivity index is 2.48. The third-order valence-corrected chi connectivity index (χ3v) is 3.43. The highest BCUT2D eigenvalue weighted by Crippen LogP contribution is 2.23. The van der Waals surface area contributed by atoms with Crippen LogP contribution in [0.4, 0.5) is 0 Å². The number of hydrogen-bond donors (Lipinski definition) is 0. The van der Waals surface area contributed by atoms with Gasteiger partial charge in [-0.1, -0.05) is 0 Å². The molecule has 60 valence electrons. The molecule has 0 bridgehead atoms. The zero-order valence-electron chi connectivity index (χ0n) is 6.76. The predicted octanol–water partition coefficient (Wildman–Crippen LogP) is 1.40. The normalized spacial score (nSPS) is 37.2. The molecule has 1 saturated heterocycles. The molecule has 10 heavy (non-hydrogen) atoms. The average molecular weight is 161 g/mol. The van der Waals surface area contributed by atoms with Crippen LogP contribution in [0.2, 0.25) is 0 Å². The fourth-order valence-electron chi connectivity index (χ4n) is 1.29. The summed E-state index contributed by atoms with van der Waals surface area (Å²) in [5, 5.41) is 11.8. The van der Waals surface area contributed by atoms with Crippen molar-refractivity contribution in [1.29, 1.82) is 0 Å². The zero-order chi connectivity index (χ0) is 7.61. The van der Waals surface area contributed by atoms with Gasteiger partial charge >= 0.3 is 0 Å². The van der Waals surface area contributed by atoms with Gasteiger partial charge in [0, 0.05) is 12.3 Å². The highest BCUT2D eigenvalue weighted by atomic mass is 31.1. The molecule has 0 aromatic rings. The summed E-state index contributed by atoms with van der Waals surface area (Å²) in [7, 11) is 1.05. The van der Waals surface area contributed by atoms with Crippen molar-refractivity contribution in [1.82, 2.24) is 0 Å². The first kappa shape index (κ1) is 8.45. The van der Waals surface area contributed by atoms with Crippen LogP contribution in [0.3, 0.4) is 0 Å². The topological polar surface area (TPSA) is 23.1 Å². The monoisotopic (exact) mass is 161 g/mol. The largest absolute Gasteiger partial charge is 0.633 e. The molecule has 1 aliphatic heterocycles. The second-order valence-corrected chi connectivity index (χ2v) is 4.74. The van der Waals surface area contributed by atoms with E-state index < -0.39 is 0 Å². The van der Waals surface area contributed by atoms with Gasteiger partial charge in [0.1, 0.15) is 0 Å². The number of hydrogen-bond acceptors (Lipinski definition) is 1. The molecule has 0 aliphatic carbocycles. The zero-order valence-corrected chi connectivity index (χ0v) is 7.76. The summed E-state index contributed by atoms with van der Waals surface area (Å²) >= 11 is 0. The molecule has 0 saturated carbocycles. The van der Waals surface area contributed by atoms with E-state index in [2.05, 4.69) is 0 Å². The van der Waals surface area contributed by atoms with E-state index >= 15 is 0 Å². The van der Waals surface area contributed by atoms with Crippen molar-refractivity contribution in [3.05, 3.63) is 5.21 Å². The summed E-state index contributed by atoms with van der Waals surface area (Å²) in [6, 6.07) is 0.269. The fourth-order valence-corrected chi connectivity index (χ4v) is 2.61. The lowest BCUT2D eigenvalue weighted by molar-refractivity contribution is -0.898. The van der Waals surface area contributed by atoms with E-state index in [1.165, 1.54) is 0 Å². The van der Waals surface area contributed by atoms with Crippen molar-refractivity contribution in [2.24, 2.45) is 0 Å². The lowest BCUT2D eigenvalue weighted by Crippen LogP contribution is -2.52. The number of quaternary nitrogens is 1. The maximum absolute atomic E-state index is 11.8. The lowest BCUT2D eigenvalue weighted by atomic mass is 10.3. The summed E-state index contributed by atoms with van der Waals surface area (Å²) in [6.45, 7) is 5.77. The van der Waals surface area contributed by atoms with E-state index in [4.69, 9.17) is 0 Å². The van der Waals surface area contributed by atoms with Crippen molar-refractivity contribution in [2.75, 3.05) is 25.4 Å². The van der Waals surface area contributed by atoms with Gasteiger partial charge in [0.05, 0.1) is 19.1 Å². The summed E-state index contributed by atoms with van der Waals surface area (Å²) in [4.78, 5) is 0. The molecule has 0 spiro atoms. The third kappa shape index (κ3) is 1.69. The van der Waals surface area contributed by atoms with Crippen molar-refractivity contribution in [3.8, 4) is 0 Å². The molecular weight excluding hydrogens is 145 g/mol. The molecule has 1 aliphatic rings. The highest BCUT2D eigenvalue weighted by molar-refractivity contribution is 7.38. The van der Waals surface area contributed by atoms with Crippen LogP contribution in [0.1, 0.15) is 13.8 Å². The Bertz CT molecular complexity index is 110. The maximum Gasteiger partial charge on any atom is 0.0830 e. The second-order valence-electron chi connectivity index (χ2n) is 3.24. The van der Waals surface area contributed by atoms with Crippen molar-refractivity contribution >= 4 is 8.58 Å². The van der Waals surface area contributed by atoms with Crippen LogP contribution in [0.5, 0.6) is 0 Å². The van der Waals surface area contributed by atoms with Gasteiger partial charge in [0.25, 0.3) is 0 Å². The van der Waals surface area contributed by atoms with Crippen LogP contribution in [0.15, 0.2) is 0 Å². The van der Waals surface area contributed by atoms with Gasteiger partial charge in [-0.3, -0.25) is 0 Å². The molecule has 0 atom stereocenters. The van der Waals surface area contributed by atoms with Gasteiger partial charge in [-0.25, -0.2) is 0 Å². The molecule has 0 amide bonds. The first-order chi connectivity index (χ1) is 4.65. The standard InChI is InChI=1S/C7H16NOP/c1-7(2)8(9)3-5-10-6-4-8/h7,10H,3-6H2,1-2H3. The molecule has 1 rings (SSSR count). The van der Waals surface area contributed by atoms with Crippen molar-refractivity contribution < 1.29 is 4.65 Å². The van der Waals surface area contributed by atoms with E-state index in [1.807, 2.05) is 13.8 Å². The van der Waals surface area contributed by atoms with E-state index in [9.17, 15) is 5.21 Å². The first-order valence-electron chi connectivity index (χ1n) is 3.94. The second kappa shape index (κ2) is 3.17. The third-order valence-electron chi connectivity index (χ3n) is 2.28. The molecular formula is C7H16NOP. The van der Waals surface area contributed by atoms with Crippen LogP contribution in [-0.4, -0.2) is 36.1 Å². The van der Waals surface area contributed by atoms with Crippen LogP contribution in [0, 0.1) is 5.21 Å². The maximum atomic E-state index is 11.8. The number of rotatable bonds is 1. The van der Waals surface area contributed by atoms with Crippen molar-refractivity contribution in [3.63, 3.8) is 0 Å². The molecule has 0 aromatic heterocycles. The Morgan fingerprint density at radius 1 is 1.30 bits per heavy atom. The van der Waals surface area contributed by atoms with Crippen LogP contribution in [0.25, 0.3) is 0 Å². The fraction of sp³-hybridized carbons (Fsp3) is 1.00. The van der Waals surface area contributed by atoms with Gasteiger partial charge in [-0.15, -0.1) is 8.58 Å². The van der Waals surface area contributed by atoms with E-state index in [-0.39, 0.29) is 10.7 Å². The Labute approximate surface area is 64.6 Å². The molecule has 3 heteroatoms. The highest BCUT2D eigenvalue weighted by Gasteiger charge is 2.23. The van der Waals surface area contributed by atoms with Gasteiger partial charge < -0.3 is 9.85 Å². The van der Waals surface area contributed by atoms with Crippen molar-refractivity contribution in [2.45, 2.75) is 19.9 Å². The van der Waals surface area contributed by atoms with Crippen LogP contribution in [-0.2, 0) is 0 Å². The van der Waals surface area contributed by atoms with E-state index in [1.54, 1.807) is 0 Å². The van der Waals surface area contributed by atoms with Gasteiger partial charge in [0.15, 0.2) is 0 Å². The summed E-state index contributed by atoms with van der Waals surface area (Å²) in [5.41, 5.74) is 0. The Kier molecular flexibility index (Phi) is 2.67. The quantitative estimate of drug-likeness (QED) is 0.324. The Morgan fingerprint density at radius 3 is 2.10 bits per heavy atom. The van der Waals surface area contributed by atoms with Crippen LogP contribution < -0.4 is 0 Å². The Hall–Kier alpha value is 0.350. The molecule has 2 nitrogen and oxygen atoms in total. The summed E-state index contributed by atoms with van der Waals surface area (Å²) < 4.78 is 0.0625. The lowest BCUT2D eigenvalue weighted by Gasteiger charge is -2.48. The van der Waals surface area contributed by atoms with Gasteiger partial charge in [-0.2, -0.15) is 0 Å². The molecule has 0 unspecified atom stereocenters. The smallest absolute Gasteiger partial charge is 0.0830 e. The van der Waals surface area contributed by atoms with Gasteiger partial charge in [-0.05, 0) is 13.8 Å². The molecule has 0 aromatic carbocycles. The SMILES string of the molecule is CC(C)[N+]1([O-])CCPCC1. The average Bonchev–Trinajstić information content (AvgIpc) is 1.89. The molecule has 1 fully saturated rings. The minimum absolute atomic E-state index is 0.0625. The van der Waals surface area contributed by atoms with Gasteiger partial charge in [0.2, 0.25) is 0 Å². The number of hydroxylamine groups is 3. The summed E-state index contributed by atoms with van der Waals surface area (Å²) in [5.74, 6) is 0. The van der Waals surface area contributed by atoms with E-state index in [0.717, 1.165) is 34.0 Å². The molecule has 0 radical (unpaired) electrons. The number of nitrogens with zero attached hydrogens (tertiary/aromatic N) is 1. The van der Waals surface area contributed by atoms with Crippen LogP contribution >= 0.6 is 8.58 Å². The Morgan fingerprint density at radius 2 is 1.80 bits per heavy atom.